The third-order valence-electron chi connectivity index (χ3n) is 3.56. The first-order chi connectivity index (χ1) is 10.1. The Morgan fingerprint density at radius 3 is 2.48 bits per heavy atom. The number of hydrogen-bond acceptors (Lipinski definition) is 3. The Hall–Kier alpha value is -2.00. The summed E-state index contributed by atoms with van der Waals surface area (Å²) in [6.45, 7) is 0. The molecule has 1 heterocycles. The summed E-state index contributed by atoms with van der Waals surface area (Å²) in [4.78, 5) is 15.7. The molecule has 2 nitrogen and oxygen atoms in total. The maximum atomic E-state index is 12.5. The summed E-state index contributed by atoms with van der Waals surface area (Å²) in [5.41, 5.74) is 3.93. The second-order valence-corrected chi connectivity index (χ2v) is 6.29. The number of carbonyl (C=O) groups excluding carboxylic acids is 1. The van der Waals surface area contributed by atoms with Gasteiger partial charge in [0.1, 0.15) is 0 Å². The van der Waals surface area contributed by atoms with Gasteiger partial charge in [0.25, 0.3) is 0 Å². The molecule has 0 aliphatic carbocycles. The Bertz CT molecular complexity index is 701. The molecule has 0 N–H and O–H groups in total. The molecule has 0 unspecified atom stereocenters. The van der Waals surface area contributed by atoms with E-state index in [-0.39, 0.29) is 5.78 Å². The standard InChI is InChI=1S/C18H17NOS/c1-19(2)15-9-7-13(8-10-15)11-14-12-21-17-6-4-3-5-16(17)18(14)20/h3-11H,12H2,1-2H3/b14-11-. The van der Waals surface area contributed by atoms with Crippen LogP contribution in [0, 0.1) is 0 Å². The zero-order valence-electron chi connectivity index (χ0n) is 12.2. The van der Waals surface area contributed by atoms with Gasteiger partial charge in [0.05, 0.1) is 0 Å². The summed E-state index contributed by atoms with van der Waals surface area (Å²) >= 11 is 1.73. The molecular weight excluding hydrogens is 278 g/mol. The minimum atomic E-state index is 0.154. The number of rotatable bonds is 2. The summed E-state index contributed by atoms with van der Waals surface area (Å²) in [7, 11) is 4.04. The van der Waals surface area contributed by atoms with E-state index in [1.54, 1.807) is 11.8 Å². The zero-order valence-corrected chi connectivity index (χ0v) is 13.0. The van der Waals surface area contributed by atoms with Crippen LogP contribution < -0.4 is 4.90 Å². The molecule has 0 saturated heterocycles. The molecule has 0 spiro atoms. The zero-order chi connectivity index (χ0) is 14.8. The predicted molar refractivity (Wildman–Crippen MR) is 90.2 cm³/mol. The number of anilines is 1. The van der Waals surface area contributed by atoms with Crippen LogP contribution in [0.25, 0.3) is 6.08 Å². The second-order valence-electron chi connectivity index (χ2n) is 5.27. The monoisotopic (exact) mass is 295 g/mol. The number of nitrogens with zero attached hydrogens (tertiary/aromatic N) is 1. The van der Waals surface area contributed by atoms with E-state index in [4.69, 9.17) is 0 Å². The van der Waals surface area contributed by atoms with Crippen LogP contribution in [-0.4, -0.2) is 25.6 Å². The van der Waals surface area contributed by atoms with Crippen LogP contribution in [-0.2, 0) is 0 Å². The highest BCUT2D eigenvalue weighted by molar-refractivity contribution is 7.99. The molecule has 0 saturated carbocycles. The van der Waals surface area contributed by atoms with Gasteiger partial charge in [0, 0.05) is 41.6 Å². The van der Waals surface area contributed by atoms with Gasteiger partial charge in [-0.3, -0.25) is 4.79 Å². The maximum Gasteiger partial charge on any atom is 0.191 e. The number of Topliss-reactive ketones (excluding diaryl/α,β-unsaturated/α-hetero) is 1. The molecule has 1 aliphatic heterocycles. The molecule has 106 valence electrons. The third-order valence-corrected chi connectivity index (χ3v) is 4.68. The van der Waals surface area contributed by atoms with Crippen molar-refractivity contribution in [3.63, 3.8) is 0 Å². The van der Waals surface area contributed by atoms with Gasteiger partial charge in [-0.2, -0.15) is 0 Å². The third kappa shape index (κ3) is 2.88. The average molecular weight is 295 g/mol. The first-order valence-electron chi connectivity index (χ1n) is 6.89. The van der Waals surface area contributed by atoms with Gasteiger partial charge in [-0.1, -0.05) is 24.3 Å². The van der Waals surface area contributed by atoms with Crippen LogP contribution in [0.1, 0.15) is 15.9 Å². The molecule has 3 heteroatoms. The van der Waals surface area contributed by atoms with Gasteiger partial charge in [-0.25, -0.2) is 0 Å². The lowest BCUT2D eigenvalue weighted by Gasteiger charge is -2.17. The van der Waals surface area contributed by atoms with Crippen molar-refractivity contribution in [3.8, 4) is 0 Å². The summed E-state index contributed by atoms with van der Waals surface area (Å²) in [6, 6.07) is 16.1. The lowest BCUT2D eigenvalue weighted by Crippen LogP contribution is -2.12. The maximum absolute atomic E-state index is 12.5. The van der Waals surface area contributed by atoms with E-state index in [1.807, 2.05) is 44.4 Å². The SMILES string of the molecule is CN(C)c1ccc(/C=C2/CSc3ccccc3C2=O)cc1. The summed E-state index contributed by atoms with van der Waals surface area (Å²) < 4.78 is 0. The van der Waals surface area contributed by atoms with Crippen molar-refractivity contribution in [2.75, 3.05) is 24.7 Å². The van der Waals surface area contributed by atoms with Gasteiger partial charge in [0.15, 0.2) is 5.78 Å². The van der Waals surface area contributed by atoms with Crippen molar-refractivity contribution < 1.29 is 4.79 Å². The highest BCUT2D eigenvalue weighted by Crippen LogP contribution is 2.33. The topological polar surface area (TPSA) is 20.3 Å². The molecule has 21 heavy (non-hydrogen) atoms. The van der Waals surface area contributed by atoms with E-state index in [1.165, 1.54) is 0 Å². The molecular formula is C18H17NOS. The van der Waals surface area contributed by atoms with E-state index in [9.17, 15) is 4.79 Å². The van der Waals surface area contributed by atoms with Crippen LogP contribution in [0.4, 0.5) is 5.69 Å². The lowest BCUT2D eigenvalue weighted by molar-refractivity contribution is 0.103. The van der Waals surface area contributed by atoms with Crippen molar-refractivity contribution in [2.45, 2.75) is 4.90 Å². The normalized spacial score (nSPS) is 15.9. The number of fused-ring (bicyclic) bond motifs is 1. The van der Waals surface area contributed by atoms with Crippen LogP contribution >= 0.6 is 11.8 Å². The average Bonchev–Trinajstić information content (AvgIpc) is 2.51. The molecule has 0 amide bonds. The highest BCUT2D eigenvalue weighted by atomic mass is 32.2. The molecule has 0 radical (unpaired) electrons. The smallest absolute Gasteiger partial charge is 0.191 e. The van der Waals surface area contributed by atoms with Gasteiger partial charge >= 0.3 is 0 Å². The molecule has 0 atom stereocenters. The fraction of sp³-hybridized carbons (Fsp3) is 0.167. The van der Waals surface area contributed by atoms with Crippen molar-refractivity contribution in [3.05, 3.63) is 65.2 Å². The quantitative estimate of drug-likeness (QED) is 0.777. The Morgan fingerprint density at radius 1 is 1.05 bits per heavy atom. The van der Waals surface area contributed by atoms with E-state index in [0.29, 0.717) is 0 Å². The molecule has 0 fully saturated rings. The summed E-state index contributed by atoms with van der Waals surface area (Å²) in [6.07, 6.45) is 2.00. The van der Waals surface area contributed by atoms with E-state index < -0.39 is 0 Å². The fourth-order valence-electron chi connectivity index (χ4n) is 2.35. The molecule has 2 aromatic carbocycles. The number of hydrogen-bond donors (Lipinski definition) is 0. The minimum Gasteiger partial charge on any atom is -0.378 e. The minimum absolute atomic E-state index is 0.154. The van der Waals surface area contributed by atoms with Crippen molar-refractivity contribution in [2.24, 2.45) is 0 Å². The van der Waals surface area contributed by atoms with Gasteiger partial charge in [-0.15, -0.1) is 11.8 Å². The second kappa shape index (κ2) is 5.78. The van der Waals surface area contributed by atoms with Crippen LogP contribution in [0.15, 0.2) is 59.0 Å². The lowest BCUT2D eigenvalue weighted by atomic mass is 10.0. The molecule has 3 rings (SSSR count). The first kappa shape index (κ1) is 14.0. The number of carbonyl (C=O) groups is 1. The predicted octanol–water partition coefficient (Wildman–Crippen LogP) is 4.12. The number of ketones is 1. The Labute approximate surface area is 129 Å². The van der Waals surface area contributed by atoms with Crippen LogP contribution in [0.3, 0.4) is 0 Å². The van der Waals surface area contributed by atoms with Crippen molar-refractivity contribution in [1.82, 2.24) is 0 Å². The number of benzene rings is 2. The Morgan fingerprint density at radius 2 is 1.76 bits per heavy atom. The number of thioether (sulfide) groups is 1. The van der Waals surface area contributed by atoms with E-state index >= 15 is 0 Å². The largest absolute Gasteiger partial charge is 0.378 e. The van der Waals surface area contributed by atoms with Crippen LogP contribution in [0.5, 0.6) is 0 Å². The van der Waals surface area contributed by atoms with Gasteiger partial charge in [0.2, 0.25) is 0 Å². The molecule has 2 aromatic rings. The summed E-state index contributed by atoms with van der Waals surface area (Å²) in [5.74, 6) is 0.895. The Balaban J connectivity index is 1.89. The molecule has 0 aromatic heterocycles. The molecule has 1 aliphatic rings. The van der Waals surface area contributed by atoms with Gasteiger partial charge < -0.3 is 4.90 Å². The fourth-order valence-corrected chi connectivity index (χ4v) is 3.37. The molecule has 0 bridgehead atoms. The highest BCUT2D eigenvalue weighted by Gasteiger charge is 2.21. The van der Waals surface area contributed by atoms with Crippen LogP contribution in [0.2, 0.25) is 0 Å². The first-order valence-corrected chi connectivity index (χ1v) is 7.88. The Kier molecular flexibility index (Phi) is 3.84. The van der Waals surface area contributed by atoms with Gasteiger partial charge in [-0.05, 0) is 35.9 Å². The van der Waals surface area contributed by atoms with Crippen molar-refractivity contribution in [1.29, 1.82) is 0 Å². The van der Waals surface area contributed by atoms with Crippen molar-refractivity contribution >= 4 is 29.3 Å². The van der Waals surface area contributed by atoms with E-state index in [2.05, 4.69) is 29.2 Å². The summed E-state index contributed by atoms with van der Waals surface area (Å²) in [5, 5.41) is 0. The van der Waals surface area contributed by atoms with E-state index in [0.717, 1.165) is 33.0 Å².